The fourth-order valence-electron chi connectivity index (χ4n) is 4.80. The van der Waals surface area contributed by atoms with Gasteiger partial charge in [0.1, 0.15) is 12.1 Å². The quantitative estimate of drug-likeness (QED) is 0.396. The molecule has 0 aliphatic carbocycles. The molecule has 0 spiro atoms. The average Bonchev–Trinajstić information content (AvgIpc) is 3.42. The number of ether oxygens (including phenoxy) is 2. The molecule has 1 amide bonds. The van der Waals surface area contributed by atoms with Crippen LogP contribution in [-0.2, 0) is 9.47 Å². The summed E-state index contributed by atoms with van der Waals surface area (Å²) >= 11 is 0. The van der Waals surface area contributed by atoms with Crippen LogP contribution in [0, 0.1) is 0 Å². The highest BCUT2D eigenvalue weighted by Gasteiger charge is 2.49. The van der Waals surface area contributed by atoms with Crippen molar-refractivity contribution in [2.24, 2.45) is 0 Å². The number of amides is 1. The van der Waals surface area contributed by atoms with Gasteiger partial charge in [0.25, 0.3) is 0 Å². The van der Waals surface area contributed by atoms with E-state index in [0.29, 0.717) is 0 Å². The van der Waals surface area contributed by atoms with Gasteiger partial charge in [-0.2, -0.15) is 0 Å². The number of hydrogen-bond donors (Lipinski definition) is 0. The molecule has 4 atom stereocenters. The van der Waals surface area contributed by atoms with Crippen LogP contribution in [0.4, 0.5) is 4.79 Å². The van der Waals surface area contributed by atoms with E-state index in [9.17, 15) is 4.79 Å². The molecule has 0 radical (unpaired) electrons. The molecular formula is C28H29NO3Si. The minimum absolute atomic E-state index is 0.150. The van der Waals surface area contributed by atoms with Gasteiger partial charge in [-0.1, -0.05) is 111 Å². The maximum absolute atomic E-state index is 13.3. The summed E-state index contributed by atoms with van der Waals surface area (Å²) in [6, 6.07) is 30.1. The van der Waals surface area contributed by atoms with E-state index in [0.717, 1.165) is 16.7 Å². The predicted molar refractivity (Wildman–Crippen MR) is 132 cm³/mol. The van der Waals surface area contributed by atoms with Crippen LogP contribution in [-0.4, -0.2) is 25.3 Å². The maximum atomic E-state index is 13.3. The molecule has 2 aliphatic heterocycles. The smallest absolute Gasteiger partial charge is 0.413 e. The molecule has 5 heteroatoms. The van der Waals surface area contributed by atoms with Crippen LogP contribution < -0.4 is 0 Å². The van der Waals surface area contributed by atoms with E-state index in [1.165, 1.54) is 5.20 Å². The third kappa shape index (κ3) is 4.14. The molecule has 4 nitrogen and oxygen atoms in total. The lowest BCUT2D eigenvalue weighted by molar-refractivity contribution is -0.0308. The molecule has 5 rings (SSSR count). The van der Waals surface area contributed by atoms with Crippen LogP contribution in [0.1, 0.15) is 34.9 Å². The number of benzene rings is 3. The molecule has 1 fully saturated rings. The van der Waals surface area contributed by atoms with Gasteiger partial charge in [0, 0.05) is 0 Å². The summed E-state index contributed by atoms with van der Waals surface area (Å²) in [6.07, 6.45) is 0.798. The zero-order valence-corrected chi connectivity index (χ0v) is 20.2. The van der Waals surface area contributed by atoms with Crippen LogP contribution in [0.2, 0.25) is 19.6 Å². The van der Waals surface area contributed by atoms with E-state index in [1.807, 2.05) is 66.7 Å². The highest BCUT2D eigenvalue weighted by molar-refractivity contribution is 6.83. The average molecular weight is 456 g/mol. The Hall–Kier alpha value is -3.15. The van der Waals surface area contributed by atoms with E-state index >= 15 is 0 Å². The van der Waals surface area contributed by atoms with Crippen molar-refractivity contribution in [1.29, 1.82) is 0 Å². The van der Waals surface area contributed by atoms with Crippen molar-refractivity contribution >= 4 is 14.2 Å². The van der Waals surface area contributed by atoms with Crippen molar-refractivity contribution in [3.63, 3.8) is 0 Å². The molecule has 0 unspecified atom stereocenters. The van der Waals surface area contributed by atoms with Gasteiger partial charge in [-0.3, -0.25) is 4.90 Å². The molecule has 0 aromatic heterocycles. The Morgan fingerprint density at radius 1 is 0.727 bits per heavy atom. The predicted octanol–water partition coefficient (Wildman–Crippen LogP) is 6.82. The topological polar surface area (TPSA) is 38.8 Å². The lowest BCUT2D eigenvalue weighted by Crippen LogP contribution is -2.37. The minimum Gasteiger partial charge on any atom is -0.439 e. The van der Waals surface area contributed by atoms with Crippen LogP contribution in [0.5, 0.6) is 0 Å². The van der Waals surface area contributed by atoms with Gasteiger partial charge >= 0.3 is 6.09 Å². The van der Waals surface area contributed by atoms with Crippen molar-refractivity contribution in [2.75, 3.05) is 0 Å². The third-order valence-corrected chi connectivity index (χ3v) is 8.58. The van der Waals surface area contributed by atoms with Crippen molar-refractivity contribution in [3.05, 3.63) is 119 Å². The lowest BCUT2D eigenvalue weighted by Gasteiger charge is -2.30. The van der Waals surface area contributed by atoms with Gasteiger partial charge < -0.3 is 9.47 Å². The summed E-state index contributed by atoms with van der Waals surface area (Å²) in [5.74, 6) is 0. The number of carbonyl (C=O) groups excluding carboxylic acids is 1. The Morgan fingerprint density at radius 2 is 1.24 bits per heavy atom. The van der Waals surface area contributed by atoms with Crippen LogP contribution in [0.3, 0.4) is 0 Å². The van der Waals surface area contributed by atoms with E-state index in [-0.39, 0.29) is 18.2 Å². The molecule has 0 N–H and O–H groups in total. The Labute approximate surface area is 196 Å². The Bertz CT molecular complexity index is 1140. The fourth-order valence-corrected chi connectivity index (χ4v) is 6.47. The molecule has 0 saturated carbocycles. The van der Waals surface area contributed by atoms with Gasteiger partial charge in [0.2, 0.25) is 0 Å². The molecule has 2 aliphatic rings. The SMILES string of the molecule is C[Si](C)(C)C1=C[C@@H](N2C(=O)O[C@H](c3ccccc3)[C@@H]2c2ccccc2)O[C@H]1c1ccccc1. The van der Waals surface area contributed by atoms with E-state index < -0.39 is 20.4 Å². The minimum atomic E-state index is -1.71. The van der Waals surface area contributed by atoms with Gasteiger partial charge in [0.05, 0.1) is 8.07 Å². The third-order valence-electron chi connectivity index (χ3n) is 6.42. The molecular weight excluding hydrogens is 426 g/mol. The standard InChI is InChI=1S/C28H29NO3Si/c1-33(2,3)23-19-24(31-26(23)21-15-9-5-10-16-21)29-25(20-13-7-4-8-14-20)27(32-28(29)30)22-17-11-6-12-18-22/h4-19,24-27H,1-3H3/t24-,25-,26-,27+/m0/s1. The summed E-state index contributed by atoms with van der Waals surface area (Å²) < 4.78 is 12.6. The second-order valence-corrected chi connectivity index (χ2v) is 14.7. The zero-order chi connectivity index (χ0) is 23.0. The van der Waals surface area contributed by atoms with E-state index in [2.05, 4.69) is 50.0 Å². The van der Waals surface area contributed by atoms with Gasteiger partial charge in [-0.25, -0.2) is 4.79 Å². The number of cyclic esters (lactones) is 1. The normalized spacial score (nSPS) is 25.1. The van der Waals surface area contributed by atoms with E-state index in [4.69, 9.17) is 9.47 Å². The summed E-state index contributed by atoms with van der Waals surface area (Å²) in [4.78, 5) is 15.1. The lowest BCUT2D eigenvalue weighted by atomic mass is 9.95. The second kappa shape index (κ2) is 8.65. The van der Waals surface area contributed by atoms with Crippen LogP contribution >= 0.6 is 0 Å². The molecule has 33 heavy (non-hydrogen) atoms. The maximum Gasteiger partial charge on any atom is 0.413 e. The first kappa shape index (κ1) is 21.7. The summed E-state index contributed by atoms with van der Waals surface area (Å²) in [5, 5.41) is 1.31. The summed E-state index contributed by atoms with van der Waals surface area (Å²) in [5.41, 5.74) is 3.14. The van der Waals surface area contributed by atoms with Gasteiger partial charge in [-0.05, 0) is 28.0 Å². The fraction of sp³-hybridized carbons (Fsp3) is 0.250. The van der Waals surface area contributed by atoms with Crippen molar-refractivity contribution in [3.8, 4) is 0 Å². The Balaban J connectivity index is 1.57. The molecule has 2 heterocycles. The molecule has 3 aromatic rings. The van der Waals surface area contributed by atoms with Crippen molar-refractivity contribution < 1.29 is 14.3 Å². The highest BCUT2D eigenvalue weighted by Crippen LogP contribution is 2.48. The van der Waals surface area contributed by atoms with Gasteiger partial charge in [0.15, 0.2) is 12.3 Å². The Kier molecular flexibility index (Phi) is 5.68. The first-order valence-corrected chi connectivity index (χ1v) is 14.9. The second-order valence-electron chi connectivity index (χ2n) is 9.67. The van der Waals surface area contributed by atoms with E-state index in [1.54, 1.807) is 4.90 Å². The summed E-state index contributed by atoms with van der Waals surface area (Å²) in [6.45, 7) is 6.97. The number of rotatable bonds is 5. The molecule has 0 bridgehead atoms. The Morgan fingerprint density at radius 3 is 1.79 bits per heavy atom. The van der Waals surface area contributed by atoms with Crippen LogP contribution in [0.15, 0.2) is 102 Å². The van der Waals surface area contributed by atoms with Crippen molar-refractivity contribution in [1.82, 2.24) is 4.90 Å². The first-order valence-electron chi connectivity index (χ1n) is 11.4. The van der Waals surface area contributed by atoms with Crippen LogP contribution in [0.25, 0.3) is 0 Å². The summed E-state index contributed by atoms with van der Waals surface area (Å²) in [7, 11) is -1.71. The largest absolute Gasteiger partial charge is 0.439 e. The number of hydrogen-bond acceptors (Lipinski definition) is 3. The first-order chi connectivity index (χ1) is 15.9. The molecule has 1 saturated heterocycles. The van der Waals surface area contributed by atoms with Crippen molar-refractivity contribution in [2.45, 2.75) is 44.1 Å². The number of carbonyl (C=O) groups is 1. The monoisotopic (exact) mass is 455 g/mol. The zero-order valence-electron chi connectivity index (χ0n) is 19.2. The van der Waals surface area contributed by atoms with Gasteiger partial charge in [-0.15, -0.1) is 0 Å². The highest BCUT2D eigenvalue weighted by atomic mass is 28.3. The number of nitrogens with zero attached hydrogens (tertiary/aromatic N) is 1. The molecule has 3 aromatic carbocycles. The molecule has 168 valence electrons.